The van der Waals surface area contributed by atoms with Gasteiger partial charge in [0.1, 0.15) is 5.70 Å². The second-order valence-electron chi connectivity index (χ2n) is 7.91. The molecule has 0 bridgehead atoms. The number of benzene rings is 1. The number of rotatable bonds is 3. The first-order valence-electron chi connectivity index (χ1n) is 10.1. The minimum absolute atomic E-state index is 0.0561. The zero-order chi connectivity index (χ0) is 18.1. The van der Waals surface area contributed by atoms with Gasteiger partial charge in [0.2, 0.25) is 0 Å². The molecule has 2 amide bonds. The molecule has 4 heteroatoms. The number of carbonyl (C=O) groups excluding carboxylic acids is 2. The van der Waals surface area contributed by atoms with Crippen molar-refractivity contribution in [3.05, 3.63) is 41.1 Å². The van der Waals surface area contributed by atoms with Crippen molar-refractivity contribution in [2.24, 2.45) is 0 Å². The summed E-state index contributed by atoms with van der Waals surface area (Å²) in [6, 6.07) is 8.09. The summed E-state index contributed by atoms with van der Waals surface area (Å²) in [5.41, 5.74) is 3.32. The maximum Gasteiger partial charge on any atom is 0.278 e. The highest BCUT2D eigenvalue weighted by atomic mass is 16.2. The topological polar surface area (TPSA) is 40.6 Å². The second kappa shape index (κ2) is 7.26. The molecule has 1 saturated carbocycles. The fraction of sp³-hybridized carbons (Fsp3) is 0.545. The Morgan fingerprint density at radius 2 is 1.42 bits per heavy atom. The van der Waals surface area contributed by atoms with Crippen LogP contribution in [0.3, 0.4) is 0 Å². The van der Waals surface area contributed by atoms with E-state index in [0.29, 0.717) is 11.3 Å². The highest BCUT2D eigenvalue weighted by Crippen LogP contribution is 2.36. The van der Waals surface area contributed by atoms with E-state index >= 15 is 0 Å². The van der Waals surface area contributed by atoms with Crippen LogP contribution in [-0.2, 0) is 9.59 Å². The van der Waals surface area contributed by atoms with Crippen molar-refractivity contribution in [3.8, 4) is 0 Å². The fourth-order valence-corrected chi connectivity index (χ4v) is 4.60. The summed E-state index contributed by atoms with van der Waals surface area (Å²) in [4.78, 5) is 30.5. The predicted molar refractivity (Wildman–Crippen MR) is 102 cm³/mol. The first-order valence-corrected chi connectivity index (χ1v) is 10.1. The highest BCUT2D eigenvalue weighted by Gasteiger charge is 2.44. The average Bonchev–Trinajstić information content (AvgIpc) is 3.14. The summed E-state index contributed by atoms with van der Waals surface area (Å²) in [7, 11) is 0. The third-order valence-corrected chi connectivity index (χ3v) is 6.04. The van der Waals surface area contributed by atoms with Gasteiger partial charge in [-0.15, -0.1) is 0 Å². The summed E-state index contributed by atoms with van der Waals surface area (Å²) in [6.07, 6.45) is 8.73. The number of hydrogen-bond donors (Lipinski definition) is 0. The van der Waals surface area contributed by atoms with Gasteiger partial charge in [0.25, 0.3) is 11.8 Å². The standard InChI is InChI=1S/C22H28N2O2/c1-16-10-12-17(13-11-16)19-20(23-14-6-7-15-23)22(26)24(21(19)25)18-8-4-2-3-5-9-18/h10-13,18H,2-9,14-15H2,1H3. The smallest absolute Gasteiger partial charge is 0.278 e. The van der Waals surface area contributed by atoms with Crippen molar-refractivity contribution in [1.29, 1.82) is 0 Å². The molecule has 1 aromatic carbocycles. The predicted octanol–water partition coefficient (Wildman–Crippen LogP) is 3.89. The van der Waals surface area contributed by atoms with Crippen LogP contribution in [0.4, 0.5) is 0 Å². The number of likely N-dealkylation sites (tertiary alicyclic amines) is 1. The van der Waals surface area contributed by atoms with Crippen molar-refractivity contribution in [2.75, 3.05) is 13.1 Å². The van der Waals surface area contributed by atoms with E-state index in [9.17, 15) is 9.59 Å². The van der Waals surface area contributed by atoms with E-state index in [4.69, 9.17) is 0 Å². The molecule has 26 heavy (non-hydrogen) atoms. The first-order chi connectivity index (χ1) is 12.7. The maximum absolute atomic E-state index is 13.4. The molecule has 2 fully saturated rings. The van der Waals surface area contributed by atoms with E-state index in [1.807, 2.05) is 31.2 Å². The lowest BCUT2D eigenvalue weighted by atomic mass is 10.0. The van der Waals surface area contributed by atoms with Gasteiger partial charge in [0.15, 0.2) is 0 Å². The lowest BCUT2D eigenvalue weighted by molar-refractivity contribution is -0.140. The van der Waals surface area contributed by atoms with Crippen LogP contribution < -0.4 is 0 Å². The fourth-order valence-electron chi connectivity index (χ4n) is 4.60. The Hall–Kier alpha value is -2.10. The molecule has 4 rings (SSSR count). The molecule has 3 aliphatic rings. The van der Waals surface area contributed by atoms with Crippen LogP contribution in [0, 0.1) is 6.92 Å². The van der Waals surface area contributed by atoms with Gasteiger partial charge in [-0.2, -0.15) is 0 Å². The molecule has 138 valence electrons. The Bertz CT molecular complexity index is 721. The normalized spacial score (nSPS) is 22.5. The summed E-state index contributed by atoms with van der Waals surface area (Å²) in [6.45, 7) is 3.80. The van der Waals surface area contributed by atoms with Crippen molar-refractivity contribution < 1.29 is 9.59 Å². The third-order valence-electron chi connectivity index (χ3n) is 6.04. The second-order valence-corrected chi connectivity index (χ2v) is 7.91. The molecule has 1 saturated heterocycles. The van der Waals surface area contributed by atoms with Crippen LogP contribution in [0.15, 0.2) is 30.0 Å². The molecule has 2 heterocycles. The average molecular weight is 352 g/mol. The number of carbonyl (C=O) groups is 2. The van der Waals surface area contributed by atoms with Gasteiger partial charge in [0, 0.05) is 19.1 Å². The van der Waals surface area contributed by atoms with Crippen LogP contribution in [0.2, 0.25) is 0 Å². The molecule has 2 aliphatic heterocycles. The zero-order valence-electron chi connectivity index (χ0n) is 15.7. The molecule has 1 aromatic rings. The molecular formula is C22H28N2O2. The Morgan fingerprint density at radius 1 is 0.808 bits per heavy atom. The van der Waals surface area contributed by atoms with Gasteiger partial charge in [-0.3, -0.25) is 14.5 Å². The monoisotopic (exact) mass is 352 g/mol. The van der Waals surface area contributed by atoms with Gasteiger partial charge in [0.05, 0.1) is 5.57 Å². The number of imide groups is 1. The van der Waals surface area contributed by atoms with Gasteiger partial charge in [-0.05, 0) is 38.2 Å². The molecule has 0 aromatic heterocycles. The molecule has 0 atom stereocenters. The SMILES string of the molecule is Cc1ccc(C2=C(N3CCCC3)C(=O)N(C3CCCCCC3)C2=O)cc1. The zero-order valence-corrected chi connectivity index (χ0v) is 15.7. The molecule has 0 N–H and O–H groups in total. The minimum atomic E-state index is -0.0762. The van der Waals surface area contributed by atoms with E-state index in [-0.39, 0.29) is 17.9 Å². The minimum Gasteiger partial charge on any atom is -0.366 e. The van der Waals surface area contributed by atoms with Crippen molar-refractivity contribution >= 4 is 17.4 Å². The van der Waals surface area contributed by atoms with E-state index in [0.717, 1.165) is 62.7 Å². The first kappa shape index (κ1) is 17.3. The molecule has 1 aliphatic carbocycles. The van der Waals surface area contributed by atoms with Crippen LogP contribution in [0.5, 0.6) is 0 Å². The quantitative estimate of drug-likeness (QED) is 0.612. The van der Waals surface area contributed by atoms with E-state index < -0.39 is 0 Å². The van der Waals surface area contributed by atoms with Gasteiger partial charge >= 0.3 is 0 Å². The van der Waals surface area contributed by atoms with E-state index in [1.165, 1.54) is 12.8 Å². The third kappa shape index (κ3) is 3.06. The Kier molecular flexibility index (Phi) is 4.84. The molecule has 0 unspecified atom stereocenters. The molecule has 0 spiro atoms. The molecule has 4 nitrogen and oxygen atoms in total. The molecule has 0 radical (unpaired) electrons. The maximum atomic E-state index is 13.4. The van der Waals surface area contributed by atoms with Gasteiger partial charge in [-0.25, -0.2) is 0 Å². The molecular weight excluding hydrogens is 324 g/mol. The highest BCUT2D eigenvalue weighted by molar-refractivity contribution is 6.35. The number of nitrogens with zero attached hydrogens (tertiary/aromatic N) is 2. The van der Waals surface area contributed by atoms with E-state index in [2.05, 4.69) is 4.90 Å². The van der Waals surface area contributed by atoms with Crippen LogP contribution in [0.25, 0.3) is 5.57 Å². The van der Waals surface area contributed by atoms with Gasteiger partial charge < -0.3 is 4.90 Å². The Labute approximate surface area is 155 Å². The van der Waals surface area contributed by atoms with Crippen molar-refractivity contribution in [1.82, 2.24) is 9.80 Å². The van der Waals surface area contributed by atoms with Crippen molar-refractivity contribution in [2.45, 2.75) is 64.3 Å². The van der Waals surface area contributed by atoms with Crippen LogP contribution in [-0.4, -0.2) is 40.7 Å². The Morgan fingerprint density at radius 3 is 2.04 bits per heavy atom. The van der Waals surface area contributed by atoms with E-state index in [1.54, 1.807) is 4.90 Å². The van der Waals surface area contributed by atoms with Gasteiger partial charge in [-0.1, -0.05) is 55.5 Å². The Balaban J connectivity index is 1.73. The summed E-state index contributed by atoms with van der Waals surface area (Å²) in [5, 5.41) is 0. The lowest BCUT2D eigenvalue weighted by Crippen LogP contribution is -2.42. The summed E-state index contributed by atoms with van der Waals surface area (Å²) >= 11 is 0. The largest absolute Gasteiger partial charge is 0.366 e. The van der Waals surface area contributed by atoms with Crippen LogP contribution in [0.1, 0.15) is 62.5 Å². The number of hydrogen-bond acceptors (Lipinski definition) is 3. The number of aryl methyl sites for hydroxylation is 1. The summed E-state index contributed by atoms with van der Waals surface area (Å²) < 4.78 is 0. The summed E-state index contributed by atoms with van der Waals surface area (Å²) in [5.74, 6) is -0.132. The van der Waals surface area contributed by atoms with Crippen LogP contribution >= 0.6 is 0 Å². The lowest BCUT2D eigenvalue weighted by Gasteiger charge is -2.26. The van der Waals surface area contributed by atoms with Crippen molar-refractivity contribution in [3.63, 3.8) is 0 Å². The number of amides is 2.